The summed E-state index contributed by atoms with van der Waals surface area (Å²) in [5.41, 5.74) is 5.60. The van der Waals surface area contributed by atoms with Crippen molar-refractivity contribution in [2.75, 3.05) is 19.0 Å². The normalized spacial score (nSPS) is 11.0. The molecule has 0 aliphatic heterocycles. The summed E-state index contributed by atoms with van der Waals surface area (Å²) in [4.78, 5) is 1.95. The summed E-state index contributed by atoms with van der Waals surface area (Å²) < 4.78 is 2.07. The summed E-state index contributed by atoms with van der Waals surface area (Å²) in [6, 6.07) is 0. The number of hydrogen-bond acceptors (Lipinski definition) is 4. The minimum atomic E-state index is 0.438. The van der Waals surface area contributed by atoms with Gasteiger partial charge in [-0.1, -0.05) is 13.8 Å². The van der Waals surface area contributed by atoms with Crippen LogP contribution in [-0.2, 0) is 13.1 Å². The molecule has 0 saturated carbocycles. The number of nitrogens with zero attached hydrogens (tertiary/aromatic N) is 4. The zero-order chi connectivity index (χ0) is 10.7. The van der Waals surface area contributed by atoms with E-state index in [1.807, 2.05) is 19.0 Å². The third-order valence-electron chi connectivity index (χ3n) is 1.94. The zero-order valence-electron chi connectivity index (χ0n) is 9.36. The van der Waals surface area contributed by atoms with E-state index in [4.69, 9.17) is 5.73 Å². The Morgan fingerprint density at radius 1 is 1.36 bits per heavy atom. The van der Waals surface area contributed by atoms with Gasteiger partial charge in [0.1, 0.15) is 5.82 Å². The van der Waals surface area contributed by atoms with E-state index in [0.717, 1.165) is 18.3 Å². The van der Waals surface area contributed by atoms with E-state index in [-0.39, 0.29) is 0 Å². The monoisotopic (exact) mass is 197 g/mol. The van der Waals surface area contributed by atoms with E-state index in [9.17, 15) is 0 Å². The molecule has 0 aromatic carbocycles. The predicted molar refractivity (Wildman–Crippen MR) is 57.1 cm³/mol. The van der Waals surface area contributed by atoms with Crippen LogP contribution in [0.3, 0.4) is 0 Å². The molecule has 14 heavy (non-hydrogen) atoms. The summed E-state index contributed by atoms with van der Waals surface area (Å²) in [6.45, 7) is 5.68. The highest BCUT2D eigenvalue weighted by Gasteiger charge is 2.12. The van der Waals surface area contributed by atoms with Crippen molar-refractivity contribution in [2.45, 2.75) is 26.9 Å². The second-order valence-corrected chi connectivity index (χ2v) is 4.02. The van der Waals surface area contributed by atoms with Crippen LogP contribution in [-0.4, -0.2) is 28.9 Å². The van der Waals surface area contributed by atoms with Crippen LogP contribution >= 0.6 is 0 Å². The summed E-state index contributed by atoms with van der Waals surface area (Å²) in [7, 11) is 3.92. The molecule has 0 aliphatic rings. The van der Waals surface area contributed by atoms with Crippen molar-refractivity contribution in [3.63, 3.8) is 0 Å². The molecule has 1 aromatic rings. The fraction of sp³-hybridized carbons (Fsp3) is 0.778. The molecule has 0 saturated heterocycles. The molecule has 0 spiro atoms. The first-order valence-electron chi connectivity index (χ1n) is 4.85. The molecule has 0 bridgehead atoms. The molecule has 5 heteroatoms. The van der Waals surface area contributed by atoms with Crippen LogP contribution in [0.1, 0.15) is 19.7 Å². The van der Waals surface area contributed by atoms with Crippen molar-refractivity contribution in [2.24, 2.45) is 11.7 Å². The van der Waals surface area contributed by atoms with Gasteiger partial charge in [-0.2, -0.15) is 0 Å². The topological polar surface area (TPSA) is 60.0 Å². The van der Waals surface area contributed by atoms with E-state index in [1.54, 1.807) is 0 Å². The maximum Gasteiger partial charge on any atom is 0.226 e. The van der Waals surface area contributed by atoms with E-state index < -0.39 is 0 Å². The molecule has 0 fully saturated rings. The smallest absolute Gasteiger partial charge is 0.226 e. The van der Waals surface area contributed by atoms with Crippen molar-refractivity contribution in [3.05, 3.63) is 5.82 Å². The maximum atomic E-state index is 5.60. The van der Waals surface area contributed by atoms with Crippen LogP contribution in [0.4, 0.5) is 5.95 Å². The Morgan fingerprint density at radius 3 is 2.43 bits per heavy atom. The van der Waals surface area contributed by atoms with Crippen LogP contribution in [0.25, 0.3) is 0 Å². The van der Waals surface area contributed by atoms with Gasteiger partial charge in [0.2, 0.25) is 5.95 Å². The predicted octanol–water partition coefficient (Wildman–Crippen LogP) is 0.459. The number of anilines is 1. The van der Waals surface area contributed by atoms with Gasteiger partial charge in [0, 0.05) is 20.6 Å². The van der Waals surface area contributed by atoms with Crippen LogP contribution in [0.2, 0.25) is 0 Å². The lowest BCUT2D eigenvalue weighted by molar-refractivity contribution is 0.507. The largest absolute Gasteiger partial charge is 0.347 e. The highest BCUT2D eigenvalue weighted by molar-refractivity contribution is 5.28. The van der Waals surface area contributed by atoms with Crippen molar-refractivity contribution >= 4 is 5.95 Å². The van der Waals surface area contributed by atoms with Gasteiger partial charge >= 0.3 is 0 Å². The molecular weight excluding hydrogens is 178 g/mol. The number of hydrogen-bond donors (Lipinski definition) is 1. The molecule has 0 aliphatic carbocycles. The second kappa shape index (κ2) is 4.41. The average Bonchev–Trinajstić information content (AvgIpc) is 2.46. The fourth-order valence-corrected chi connectivity index (χ4v) is 1.36. The van der Waals surface area contributed by atoms with E-state index in [1.165, 1.54) is 0 Å². The lowest BCUT2D eigenvalue weighted by atomic mass is 10.2. The number of rotatable bonds is 4. The second-order valence-electron chi connectivity index (χ2n) is 4.02. The van der Waals surface area contributed by atoms with Gasteiger partial charge in [-0.3, -0.25) is 4.57 Å². The number of nitrogens with two attached hydrogens (primary N) is 1. The van der Waals surface area contributed by atoms with Gasteiger partial charge in [0.05, 0.1) is 6.54 Å². The Labute approximate surface area is 84.9 Å². The molecule has 80 valence electrons. The Balaban J connectivity index is 3.00. The van der Waals surface area contributed by atoms with Crippen molar-refractivity contribution < 1.29 is 0 Å². The highest BCUT2D eigenvalue weighted by atomic mass is 15.4. The van der Waals surface area contributed by atoms with Crippen LogP contribution in [0.5, 0.6) is 0 Å². The standard InChI is InChI=1S/C9H19N5/c1-7(2)6-14-8(5-10)11-12-9(14)13(3)4/h7H,5-6,10H2,1-4H3. The Hall–Kier alpha value is -1.10. The van der Waals surface area contributed by atoms with E-state index in [0.29, 0.717) is 12.5 Å². The van der Waals surface area contributed by atoms with Crippen molar-refractivity contribution in [1.82, 2.24) is 14.8 Å². The van der Waals surface area contributed by atoms with Gasteiger partial charge < -0.3 is 10.6 Å². The molecule has 2 N–H and O–H groups in total. The molecule has 0 radical (unpaired) electrons. The average molecular weight is 197 g/mol. The maximum absolute atomic E-state index is 5.60. The molecule has 1 aromatic heterocycles. The molecule has 0 amide bonds. The zero-order valence-corrected chi connectivity index (χ0v) is 9.36. The lowest BCUT2D eigenvalue weighted by Gasteiger charge is -2.16. The molecule has 0 atom stereocenters. The van der Waals surface area contributed by atoms with Crippen LogP contribution in [0.15, 0.2) is 0 Å². The van der Waals surface area contributed by atoms with E-state index in [2.05, 4.69) is 28.6 Å². The minimum absolute atomic E-state index is 0.438. The summed E-state index contributed by atoms with van der Waals surface area (Å²) >= 11 is 0. The number of aromatic nitrogens is 3. The quantitative estimate of drug-likeness (QED) is 0.761. The minimum Gasteiger partial charge on any atom is -0.347 e. The van der Waals surface area contributed by atoms with Crippen molar-refractivity contribution in [3.8, 4) is 0 Å². The Morgan fingerprint density at radius 2 is 2.00 bits per heavy atom. The summed E-state index contributed by atoms with van der Waals surface area (Å²) in [5, 5.41) is 8.15. The van der Waals surface area contributed by atoms with Crippen molar-refractivity contribution in [1.29, 1.82) is 0 Å². The lowest BCUT2D eigenvalue weighted by Crippen LogP contribution is -2.19. The SMILES string of the molecule is CC(C)Cn1c(CN)nnc1N(C)C. The molecule has 5 nitrogen and oxygen atoms in total. The van der Waals surface area contributed by atoms with Gasteiger partial charge in [-0.05, 0) is 5.92 Å². The first kappa shape index (κ1) is 11.0. The molecule has 1 heterocycles. The molecule has 1 rings (SSSR count). The molecule has 0 unspecified atom stereocenters. The third-order valence-corrected chi connectivity index (χ3v) is 1.94. The van der Waals surface area contributed by atoms with Gasteiger partial charge in [0.15, 0.2) is 0 Å². The Kier molecular flexibility index (Phi) is 3.46. The Bertz CT molecular complexity index is 289. The first-order valence-corrected chi connectivity index (χ1v) is 4.85. The van der Waals surface area contributed by atoms with Gasteiger partial charge in [-0.25, -0.2) is 0 Å². The van der Waals surface area contributed by atoms with Crippen LogP contribution in [0, 0.1) is 5.92 Å². The fourth-order valence-electron chi connectivity index (χ4n) is 1.36. The third kappa shape index (κ3) is 2.23. The van der Waals surface area contributed by atoms with Gasteiger partial charge in [-0.15, -0.1) is 10.2 Å². The van der Waals surface area contributed by atoms with E-state index >= 15 is 0 Å². The molecular formula is C9H19N5. The first-order chi connectivity index (χ1) is 6.56. The van der Waals surface area contributed by atoms with Crippen LogP contribution < -0.4 is 10.6 Å². The van der Waals surface area contributed by atoms with Gasteiger partial charge in [0.25, 0.3) is 0 Å². The highest BCUT2D eigenvalue weighted by Crippen LogP contribution is 2.12. The summed E-state index contributed by atoms with van der Waals surface area (Å²) in [5.74, 6) is 2.29. The summed E-state index contributed by atoms with van der Waals surface area (Å²) in [6.07, 6.45) is 0.